The van der Waals surface area contributed by atoms with Gasteiger partial charge in [-0.15, -0.1) is 0 Å². The number of aliphatic hydroxyl groups excluding tert-OH is 1. The van der Waals surface area contributed by atoms with Crippen LogP contribution < -0.4 is 10.2 Å². The van der Waals surface area contributed by atoms with E-state index in [2.05, 4.69) is 36.1 Å². The lowest BCUT2D eigenvalue weighted by molar-refractivity contribution is -0.0423. The van der Waals surface area contributed by atoms with Crippen molar-refractivity contribution in [2.75, 3.05) is 36.5 Å². The number of aliphatic hydroxyl groups is 1. The van der Waals surface area contributed by atoms with Crippen molar-refractivity contribution >= 4 is 27.7 Å². The molecule has 2 heterocycles. The highest BCUT2D eigenvalue weighted by molar-refractivity contribution is 9.10. The van der Waals surface area contributed by atoms with Gasteiger partial charge >= 0.3 is 0 Å². The Morgan fingerprint density at radius 1 is 1.58 bits per heavy atom. The fraction of sp³-hybridized carbons (Fsp3) is 0.667. The van der Waals surface area contributed by atoms with E-state index in [9.17, 15) is 5.11 Å². The Balaban J connectivity index is 2.21. The standard InChI is InChI=1S/C12H19BrN4O2/c1-3-14-12-15-4-10(13)11(16-12)17-5-8(2)19-9(6-17)7-18/h4,8-9,18H,3,5-7H2,1-2H3,(H,14,15,16). The van der Waals surface area contributed by atoms with E-state index < -0.39 is 0 Å². The summed E-state index contributed by atoms with van der Waals surface area (Å²) in [6.07, 6.45) is 1.64. The first-order valence-electron chi connectivity index (χ1n) is 6.41. The third-order valence-corrected chi connectivity index (χ3v) is 3.45. The van der Waals surface area contributed by atoms with Crippen LogP contribution in [0.2, 0.25) is 0 Å². The number of morpholine rings is 1. The van der Waals surface area contributed by atoms with E-state index in [1.165, 1.54) is 0 Å². The summed E-state index contributed by atoms with van der Waals surface area (Å²) in [5, 5.41) is 12.4. The molecule has 2 rings (SSSR count). The fourth-order valence-electron chi connectivity index (χ4n) is 2.14. The Bertz CT molecular complexity index is 432. The first-order valence-corrected chi connectivity index (χ1v) is 7.21. The van der Waals surface area contributed by atoms with Crippen molar-refractivity contribution in [3.63, 3.8) is 0 Å². The van der Waals surface area contributed by atoms with Crippen LogP contribution in [0, 0.1) is 0 Å². The molecule has 1 saturated heterocycles. The maximum absolute atomic E-state index is 9.27. The number of ether oxygens (including phenoxy) is 1. The van der Waals surface area contributed by atoms with Gasteiger partial charge in [-0.05, 0) is 29.8 Å². The highest BCUT2D eigenvalue weighted by Crippen LogP contribution is 2.27. The number of anilines is 2. The van der Waals surface area contributed by atoms with E-state index in [0.29, 0.717) is 12.5 Å². The lowest BCUT2D eigenvalue weighted by atomic mass is 10.2. The number of hydrogen-bond donors (Lipinski definition) is 2. The molecule has 1 fully saturated rings. The van der Waals surface area contributed by atoms with E-state index in [1.807, 2.05) is 13.8 Å². The minimum atomic E-state index is -0.173. The molecule has 1 aromatic heterocycles. The van der Waals surface area contributed by atoms with Crippen LogP contribution in [0.1, 0.15) is 13.8 Å². The van der Waals surface area contributed by atoms with Gasteiger partial charge in [0.1, 0.15) is 5.82 Å². The Hall–Kier alpha value is -0.920. The third-order valence-electron chi connectivity index (χ3n) is 2.89. The monoisotopic (exact) mass is 330 g/mol. The molecule has 1 aliphatic rings. The molecule has 1 aliphatic heterocycles. The summed E-state index contributed by atoms with van der Waals surface area (Å²) in [4.78, 5) is 10.8. The summed E-state index contributed by atoms with van der Waals surface area (Å²) in [5.41, 5.74) is 0. The minimum Gasteiger partial charge on any atom is -0.394 e. The molecular weight excluding hydrogens is 312 g/mol. The summed E-state index contributed by atoms with van der Waals surface area (Å²) in [6.45, 7) is 6.17. The van der Waals surface area contributed by atoms with Gasteiger partial charge in [-0.2, -0.15) is 4.98 Å². The average Bonchev–Trinajstić information content (AvgIpc) is 2.40. The van der Waals surface area contributed by atoms with Crippen molar-refractivity contribution in [3.8, 4) is 0 Å². The third kappa shape index (κ3) is 3.55. The summed E-state index contributed by atoms with van der Waals surface area (Å²) in [6, 6.07) is 0. The first kappa shape index (κ1) is 14.5. The van der Waals surface area contributed by atoms with Crippen molar-refractivity contribution < 1.29 is 9.84 Å². The molecule has 2 unspecified atom stereocenters. The predicted octanol–water partition coefficient (Wildman–Crippen LogP) is 1.26. The second kappa shape index (κ2) is 6.49. The molecule has 0 aliphatic carbocycles. The van der Waals surface area contributed by atoms with E-state index in [4.69, 9.17) is 4.74 Å². The number of nitrogens with one attached hydrogen (secondary N) is 1. The van der Waals surface area contributed by atoms with E-state index in [1.54, 1.807) is 6.20 Å². The predicted molar refractivity (Wildman–Crippen MR) is 77.5 cm³/mol. The Labute approximate surface area is 121 Å². The van der Waals surface area contributed by atoms with Gasteiger partial charge in [-0.3, -0.25) is 0 Å². The zero-order chi connectivity index (χ0) is 13.8. The Morgan fingerprint density at radius 3 is 3.05 bits per heavy atom. The van der Waals surface area contributed by atoms with E-state index in [-0.39, 0.29) is 18.8 Å². The van der Waals surface area contributed by atoms with Gasteiger partial charge in [-0.25, -0.2) is 4.98 Å². The maximum atomic E-state index is 9.27. The molecule has 1 aromatic rings. The number of rotatable bonds is 4. The molecule has 0 aromatic carbocycles. The first-order chi connectivity index (χ1) is 9.13. The average molecular weight is 331 g/mol. The van der Waals surface area contributed by atoms with Gasteiger partial charge in [0.25, 0.3) is 0 Å². The smallest absolute Gasteiger partial charge is 0.224 e. The quantitative estimate of drug-likeness (QED) is 0.866. The lowest BCUT2D eigenvalue weighted by Gasteiger charge is -2.37. The van der Waals surface area contributed by atoms with Gasteiger partial charge in [0, 0.05) is 25.8 Å². The Kier molecular flexibility index (Phi) is 4.95. The second-order valence-corrected chi connectivity index (χ2v) is 5.41. The minimum absolute atomic E-state index is 0.0175. The number of hydrogen-bond acceptors (Lipinski definition) is 6. The van der Waals surface area contributed by atoms with Crippen LogP contribution in [0.25, 0.3) is 0 Å². The lowest BCUT2D eigenvalue weighted by Crippen LogP contribution is -2.48. The van der Waals surface area contributed by atoms with Gasteiger partial charge in [0.15, 0.2) is 0 Å². The molecule has 2 atom stereocenters. The van der Waals surface area contributed by atoms with E-state index in [0.717, 1.165) is 23.4 Å². The molecule has 6 nitrogen and oxygen atoms in total. The Morgan fingerprint density at radius 2 is 2.37 bits per heavy atom. The zero-order valence-corrected chi connectivity index (χ0v) is 12.7. The number of halogens is 1. The van der Waals surface area contributed by atoms with Crippen molar-refractivity contribution in [1.82, 2.24) is 9.97 Å². The van der Waals surface area contributed by atoms with Crippen LogP contribution in [0.4, 0.5) is 11.8 Å². The van der Waals surface area contributed by atoms with Crippen LogP contribution in [0.3, 0.4) is 0 Å². The van der Waals surface area contributed by atoms with Gasteiger partial charge < -0.3 is 20.1 Å². The molecule has 106 valence electrons. The van der Waals surface area contributed by atoms with Crippen LogP contribution in [0.5, 0.6) is 0 Å². The molecule has 0 spiro atoms. The molecule has 7 heteroatoms. The summed E-state index contributed by atoms with van der Waals surface area (Å²) in [7, 11) is 0. The topological polar surface area (TPSA) is 70.5 Å². The van der Waals surface area contributed by atoms with E-state index >= 15 is 0 Å². The van der Waals surface area contributed by atoms with Crippen molar-refractivity contribution in [2.45, 2.75) is 26.1 Å². The maximum Gasteiger partial charge on any atom is 0.224 e. The van der Waals surface area contributed by atoms with Gasteiger partial charge in [0.2, 0.25) is 5.95 Å². The van der Waals surface area contributed by atoms with Gasteiger partial charge in [0.05, 0.1) is 23.3 Å². The molecule has 0 bridgehead atoms. The number of aromatic nitrogens is 2. The van der Waals surface area contributed by atoms with Crippen molar-refractivity contribution in [1.29, 1.82) is 0 Å². The number of nitrogens with zero attached hydrogens (tertiary/aromatic N) is 3. The van der Waals surface area contributed by atoms with Crippen molar-refractivity contribution in [3.05, 3.63) is 10.7 Å². The molecule has 0 amide bonds. The molecule has 0 saturated carbocycles. The molecule has 19 heavy (non-hydrogen) atoms. The van der Waals surface area contributed by atoms with Gasteiger partial charge in [-0.1, -0.05) is 0 Å². The molecular formula is C12H19BrN4O2. The summed E-state index contributed by atoms with van der Waals surface area (Å²) >= 11 is 3.48. The van der Waals surface area contributed by atoms with Crippen LogP contribution in [0.15, 0.2) is 10.7 Å². The highest BCUT2D eigenvalue weighted by Gasteiger charge is 2.27. The zero-order valence-electron chi connectivity index (χ0n) is 11.1. The molecule has 0 radical (unpaired) electrons. The normalized spacial score (nSPS) is 23.5. The second-order valence-electron chi connectivity index (χ2n) is 4.55. The summed E-state index contributed by atoms with van der Waals surface area (Å²) < 4.78 is 6.49. The van der Waals surface area contributed by atoms with Crippen molar-refractivity contribution in [2.24, 2.45) is 0 Å². The van der Waals surface area contributed by atoms with Crippen LogP contribution in [-0.4, -0.2) is 53.5 Å². The molecule has 2 N–H and O–H groups in total. The highest BCUT2D eigenvalue weighted by atomic mass is 79.9. The largest absolute Gasteiger partial charge is 0.394 e. The fourth-order valence-corrected chi connectivity index (χ4v) is 2.58. The SMILES string of the molecule is CCNc1ncc(Br)c(N2CC(C)OC(CO)C2)n1. The van der Waals surface area contributed by atoms with Crippen LogP contribution >= 0.6 is 15.9 Å². The van der Waals surface area contributed by atoms with Crippen LogP contribution in [-0.2, 0) is 4.74 Å². The summed E-state index contributed by atoms with van der Waals surface area (Å²) in [5.74, 6) is 1.44.